The summed E-state index contributed by atoms with van der Waals surface area (Å²) in [7, 11) is 0. The molecule has 1 heterocycles. The van der Waals surface area contributed by atoms with Crippen LogP contribution in [-0.4, -0.2) is 26.2 Å². The third kappa shape index (κ3) is 3.51. The summed E-state index contributed by atoms with van der Waals surface area (Å²) in [5, 5.41) is 32.7. The summed E-state index contributed by atoms with van der Waals surface area (Å²) >= 11 is 0. The summed E-state index contributed by atoms with van der Waals surface area (Å²) in [6, 6.07) is 12.8. The molecule has 0 spiro atoms. The number of nitrogens with zero attached hydrogens (tertiary/aromatic N) is 4. The summed E-state index contributed by atoms with van der Waals surface area (Å²) in [5.41, 5.74) is 1.54. The molecule has 104 valence electrons. The summed E-state index contributed by atoms with van der Waals surface area (Å²) in [6.45, 7) is 3.86. The van der Waals surface area contributed by atoms with Crippen molar-refractivity contribution in [2.45, 2.75) is 0 Å². The summed E-state index contributed by atoms with van der Waals surface area (Å²) in [6.07, 6.45) is 0. The Balaban J connectivity index is 2.13. The molecule has 1 saturated heterocycles. The van der Waals surface area contributed by atoms with Gasteiger partial charge < -0.3 is 15.5 Å². The van der Waals surface area contributed by atoms with Gasteiger partial charge in [-0.25, -0.2) is 0 Å². The smallest absolute Gasteiger partial charge is 0.163 e. The van der Waals surface area contributed by atoms with Crippen molar-refractivity contribution in [1.29, 1.82) is 15.8 Å². The maximum absolute atomic E-state index is 8.99. The van der Waals surface area contributed by atoms with E-state index < -0.39 is 0 Å². The second kappa shape index (κ2) is 6.96. The van der Waals surface area contributed by atoms with Gasteiger partial charge in [-0.1, -0.05) is 0 Å². The fraction of sp³-hybridized carbons (Fsp3) is 0.267. The van der Waals surface area contributed by atoms with Crippen LogP contribution in [0.4, 0.5) is 11.4 Å². The number of nitrogens with one attached hydrogen (secondary N) is 2. The highest BCUT2D eigenvalue weighted by Crippen LogP contribution is 2.19. The van der Waals surface area contributed by atoms with Gasteiger partial charge in [0.25, 0.3) is 0 Å². The van der Waals surface area contributed by atoms with Crippen molar-refractivity contribution in [3.05, 3.63) is 35.5 Å². The second-order valence-electron chi connectivity index (χ2n) is 4.49. The lowest BCUT2D eigenvalue weighted by atomic mass is 10.2. The average molecular weight is 278 g/mol. The number of hydrogen-bond acceptors (Lipinski definition) is 6. The second-order valence-corrected chi connectivity index (χ2v) is 4.49. The molecule has 0 unspecified atom stereocenters. The molecular formula is C15H14N6. The van der Waals surface area contributed by atoms with E-state index >= 15 is 0 Å². The number of piperazine rings is 1. The van der Waals surface area contributed by atoms with Gasteiger partial charge in [-0.05, 0) is 24.3 Å². The molecule has 0 aliphatic carbocycles. The molecule has 2 N–H and O–H groups in total. The molecule has 21 heavy (non-hydrogen) atoms. The highest BCUT2D eigenvalue weighted by Gasteiger charge is 2.10. The first kappa shape index (κ1) is 14.4. The Kier molecular flexibility index (Phi) is 4.77. The van der Waals surface area contributed by atoms with Gasteiger partial charge in [0.2, 0.25) is 0 Å². The lowest BCUT2D eigenvalue weighted by Crippen LogP contribution is -2.43. The minimum absolute atomic E-state index is 0.0325. The highest BCUT2D eigenvalue weighted by atomic mass is 15.2. The van der Waals surface area contributed by atoms with E-state index in [9.17, 15) is 0 Å². The minimum atomic E-state index is -0.219. The molecule has 6 nitrogen and oxygen atoms in total. The van der Waals surface area contributed by atoms with Crippen molar-refractivity contribution in [3.63, 3.8) is 0 Å². The van der Waals surface area contributed by atoms with E-state index in [1.807, 2.05) is 30.3 Å². The van der Waals surface area contributed by atoms with Gasteiger partial charge in [-0.3, -0.25) is 0 Å². The number of rotatable bonds is 3. The molecule has 1 aromatic rings. The zero-order valence-corrected chi connectivity index (χ0v) is 11.4. The molecule has 1 fully saturated rings. The van der Waals surface area contributed by atoms with Crippen LogP contribution < -0.4 is 15.5 Å². The van der Waals surface area contributed by atoms with Crippen LogP contribution in [0.2, 0.25) is 0 Å². The van der Waals surface area contributed by atoms with E-state index in [4.69, 9.17) is 15.8 Å². The van der Waals surface area contributed by atoms with Gasteiger partial charge >= 0.3 is 0 Å². The summed E-state index contributed by atoms with van der Waals surface area (Å²) < 4.78 is 0. The van der Waals surface area contributed by atoms with Crippen LogP contribution in [0.3, 0.4) is 0 Å². The van der Waals surface area contributed by atoms with E-state index in [2.05, 4.69) is 15.5 Å². The average Bonchev–Trinajstić information content (AvgIpc) is 2.56. The van der Waals surface area contributed by atoms with E-state index in [1.165, 1.54) is 0 Å². The third-order valence-electron chi connectivity index (χ3n) is 3.20. The van der Waals surface area contributed by atoms with Gasteiger partial charge in [-0.15, -0.1) is 0 Å². The molecular weight excluding hydrogens is 264 g/mol. The Morgan fingerprint density at radius 1 is 1.00 bits per heavy atom. The summed E-state index contributed by atoms with van der Waals surface area (Å²) in [5.74, 6) is 0. The first-order valence-electron chi connectivity index (χ1n) is 6.56. The van der Waals surface area contributed by atoms with Gasteiger partial charge in [0.1, 0.15) is 23.9 Å². The van der Waals surface area contributed by atoms with Gasteiger partial charge in [0, 0.05) is 37.6 Å². The van der Waals surface area contributed by atoms with Crippen LogP contribution in [0, 0.1) is 34.0 Å². The van der Waals surface area contributed by atoms with Crippen molar-refractivity contribution < 1.29 is 0 Å². The Hall–Kier alpha value is -3.01. The van der Waals surface area contributed by atoms with Crippen LogP contribution in [0.1, 0.15) is 0 Å². The van der Waals surface area contributed by atoms with Crippen LogP contribution in [0.15, 0.2) is 35.5 Å². The zero-order chi connectivity index (χ0) is 15.1. The van der Waals surface area contributed by atoms with Gasteiger partial charge in [0.15, 0.2) is 5.57 Å². The predicted molar refractivity (Wildman–Crippen MR) is 79.0 cm³/mol. The molecule has 0 bridgehead atoms. The van der Waals surface area contributed by atoms with Crippen LogP contribution in [0.5, 0.6) is 0 Å². The first-order valence-corrected chi connectivity index (χ1v) is 6.56. The van der Waals surface area contributed by atoms with Crippen LogP contribution in [0.25, 0.3) is 0 Å². The Morgan fingerprint density at radius 3 is 2.14 bits per heavy atom. The molecule has 0 amide bonds. The van der Waals surface area contributed by atoms with Gasteiger partial charge in [-0.2, -0.15) is 15.8 Å². The first-order chi connectivity index (χ1) is 10.3. The van der Waals surface area contributed by atoms with E-state index in [-0.39, 0.29) is 11.3 Å². The standard InChI is InChI=1S/C15H14N6/c16-9-12(10-17)15(11-18)20-13-1-3-14(4-2-13)21-7-5-19-6-8-21/h1-4,19-20H,5-8H2. The molecule has 0 atom stereocenters. The van der Waals surface area contributed by atoms with E-state index in [1.54, 1.807) is 12.1 Å². The number of nitriles is 3. The number of anilines is 2. The summed E-state index contributed by atoms with van der Waals surface area (Å²) in [4.78, 5) is 2.28. The Labute approximate surface area is 123 Å². The number of benzene rings is 1. The largest absolute Gasteiger partial charge is 0.369 e. The van der Waals surface area contributed by atoms with Gasteiger partial charge in [0.05, 0.1) is 0 Å². The van der Waals surface area contributed by atoms with Crippen molar-refractivity contribution in [2.24, 2.45) is 0 Å². The molecule has 6 heteroatoms. The topological polar surface area (TPSA) is 98.7 Å². The maximum Gasteiger partial charge on any atom is 0.163 e. The lowest BCUT2D eigenvalue weighted by molar-refractivity contribution is 0.589. The molecule has 1 aromatic carbocycles. The molecule has 1 aliphatic rings. The van der Waals surface area contributed by atoms with Crippen molar-refractivity contribution in [2.75, 3.05) is 36.4 Å². The fourth-order valence-electron chi connectivity index (χ4n) is 2.11. The predicted octanol–water partition coefficient (Wildman–Crippen LogP) is 1.33. The van der Waals surface area contributed by atoms with Crippen molar-refractivity contribution in [1.82, 2.24) is 5.32 Å². The quantitative estimate of drug-likeness (QED) is 0.809. The molecule has 1 aliphatic heterocycles. The highest BCUT2D eigenvalue weighted by molar-refractivity contribution is 5.61. The Morgan fingerprint density at radius 2 is 1.62 bits per heavy atom. The SMILES string of the molecule is N#CC(C#N)=C(C#N)Nc1ccc(N2CCNCC2)cc1. The third-order valence-corrected chi connectivity index (χ3v) is 3.20. The van der Waals surface area contributed by atoms with E-state index in [0.29, 0.717) is 5.69 Å². The normalized spacial score (nSPS) is 13.5. The fourth-order valence-corrected chi connectivity index (χ4v) is 2.11. The van der Waals surface area contributed by atoms with Crippen LogP contribution in [-0.2, 0) is 0 Å². The van der Waals surface area contributed by atoms with Crippen LogP contribution >= 0.6 is 0 Å². The number of hydrogen-bond donors (Lipinski definition) is 2. The minimum Gasteiger partial charge on any atom is -0.369 e. The maximum atomic E-state index is 8.99. The monoisotopic (exact) mass is 278 g/mol. The lowest BCUT2D eigenvalue weighted by Gasteiger charge is -2.29. The van der Waals surface area contributed by atoms with E-state index in [0.717, 1.165) is 31.9 Å². The van der Waals surface area contributed by atoms with Crippen molar-refractivity contribution >= 4 is 11.4 Å². The molecule has 2 rings (SSSR count). The molecule has 0 radical (unpaired) electrons. The number of allylic oxidation sites excluding steroid dienone is 2. The zero-order valence-electron chi connectivity index (χ0n) is 11.4. The molecule has 0 aromatic heterocycles. The Bertz CT molecular complexity index is 631. The molecule has 0 saturated carbocycles. The van der Waals surface area contributed by atoms with Crippen molar-refractivity contribution in [3.8, 4) is 18.2 Å².